The van der Waals surface area contributed by atoms with Crippen LogP contribution in [-0.2, 0) is 0 Å². The summed E-state index contributed by atoms with van der Waals surface area (Å²) in [5.74, 6) is 0.530. The molecule has 1 atom stereocenters. The smallest absolute Gasteiger partial charge is 0.251 e. The zero-order valence-corrected chi connectivity index (χ0v) is 13.2. The molecule has 0 aliphatic heterocycles. The highest BCUT2D eigenvalue weighted by Gasteiger charge is 2.17. The lowest BCUT2D eigenvalue weighted by molar-refractivity contribution is 0.0924. The number of nitrogens with zero attached hydrogens (tertiary/aromatic N) is 1. The van der Waals surface area contributed by atoms with Crippen LogP contribution in [0, 0.1) is 12.8 Å². The van der Waals surface area contributed by atoms with E-state index in [-0.39, 0.29) is 11.9 Å². The normalized spacial score (nSPS) is 12.8. The number of carbonyl (C=O) groups excluding carboxylic acids is 1. The predicted molar refractivity (Wildman–Crippen MR) is 84.9 cm³/mol. The lowest BCUT2D eigenvalue weighted by atomic mass is 10.0. The van der Waals surface area contributed by atoms with Crippen molar-refractivity contribution in [1.82, 2.24) is 10.2 Å². The summed E-state index contributed by atoms with van der Waals surface area (Å²) in [4.78, 5) is 14.5. The molecule has 0 bridgehead atoms. The van der Waals surface area contributed by atoms with Crippen LogP contribution in [0.25, 0.3) is 0 Å². The maximum Gasteiger partial charge on any atom is 0.251 e. The van der Waals surface area contributed by atoms with E-state index in [1.807, 2.05) is 27.1 Å². The summed E-state index contributed by atoms with van der Waals surface area (Å²) < 4.78 is 0. The minimum Gasteiger partial charge on any atom is -0.399 e. The third-order valence-electron chi connectivity index (χ3n) is 3.17. The van der Waals surface area contributed by atoms with Crippen molar-refractivity contribution in [1.29, 1.82) is 0 Å². The number of benzene rings is 1. The number of carbonyl (C=O) groups is 1. The Balaban J connectivity index is 2.78. The molecule has 1 aromatic carbocycles. The van der Waals surface area contributed by atoms with E-state index >= 15 is 0 Å². The number of rotatable bonds is 6. The van der Waals surface area contributed by atoms with Gasteiger partial charge in [0.2, 0.25) is 0 Å². The SMILES string of the molecule is Cc1cc(N)ccc1C(=O)NC(CC(C)C)CN(C)C. The molecular weight excluding hydrogens is 250 g/mol. The Morgan fingerprint density at radius 1 is 1.35 bits per heavy atom. The monoisotopic (exact) mass is 277 g/mol. The van der Waals surface area contributed by atoms with E-state index in [0.29, 0.717) is 17.2 Å². The van der Waals surface area contributed by atoms with E-state index in [2.05, 4.69) is 24.1 Å². The molecule has 0 aliphatic rings. The van der Waals surface area contributed by atoms with Crippen LogP contribution in [0.4, 0.5) is 5.69 Å². The predicted octanol–water partition coefficient (Wildman–Crippen LogP) is 2.28. The van der Waals surface area contributed by atoms with Crippen molar-refractivity contribution in [2.45, 2.75) is 33.2 Å². The van der Waals surface area contributed by atoms with Gasteiger partial charge in [0, 0.05) is 23.8 Å². The van der Waals surface area contributed by atoms with E-state index in [9.17, 15) is 4.79 Å². The Morgan fingerprint density at radius 3 is 2.50 bits per heavy atom. The first-order valence-corrected chi connectivity index (χ1v) is 7.11. The molecule has 1 amide bonds. The van der Waals surface area contributed by atoms with Crippen molar-refractivity contribution < 1.29 is 4.79 Å². The largest absolute Gasteiger partial charge is 0.399 e. The number of amides is 1. The van der Waals surface area contributed by atoms with Gasteiger partial charge in [-0.05, 0) is 57.1 Å². The highest BCUT2D eigenvalue weighted by atomic mass is 16.1. The second-order valence-corrected chi connectivity index (χ2v) is 6.14. The topological polar surface area (TPSA) is 58.4 Å². The molecule has 3 N–H and O–H groups in total. The fraction of sp³-hybridized carbons (Fsp3) is 0.562. The fourth-order valence-corrected chi connectivity index (χ4v) is 2.39. The summed E-state index contributed by atoms with van der Waals surface area (Å²) in [7, 11) is 4.04. The summed E-state index contributed by atoms with van der Waals surface area (Å²) >= 11 is 0. The van der Waals surface area contributed by atoms with Crippen LogP contribution in [0.5, 0.6) is 0 Å². The summed E-state index contributed by atoms with van der Waals surface area (Å²) in [5.41, 5.74) is 8.02. The number of anilines is 1. The van der Waals surface area contributed by atoms with E-state index < -0.39 is 0 Å². The average Bonchev–Trinajstić information content (AvgIpc) is 2.26. The molecule has 1 rings (SSSR count). The maximum absolute atomic E-state index is 12.4. The molecule has 0 saturated carbocycles. The molecule has 0 spiro atoms. The summed E-state index contributed by atoms with van der Waals surface area (Å²) in [6, 6.07) is 5.56. The fourth-order valence-electron chi connectivity index (χ4n) is 2.39. The highest BCUT2D eigenvalue weighted by Crippen LogP contribution is 2.13. The van der Waals surface area contributed by atoms with Crippen LogP contribution >= 0.6 is 0 Å². The molecule has 0 radical (unpaired) electrons. The lowest BCUT2D eigenvalue weighted by Gasteiger charge is -2.24. The standard InChI is InChI=1S/C16H27N3O/c1-11(2)8-14(10-19(4)5)18-16(20)15-7-6-13(17)9-12(15)3/h6-7,9,11,14H,8,10,17H2,1-5H3,(H,18,20). The number of nitrogen functional groups attached to an aromatic ring is 1. The van der Waals surface area contributed by atoms with Gasteiger partial charge >= 0.3 is 0 Å². The van der Waals surface area contributed by atoms with Gasteiger partial charge in [0.15, 0.2) is 0 Å². The summed E-state index contributed by atoms with van der Waals surface area (Å²) in [6.45, 7) is 7.10. The number of likely N-dealkylation sites (N-methyl/N-ethyl adjacent to an activating group) is 1. The van der Waals surface area contributed by atoms with E-state index in [0.717, 1.165) is 18.5 Å². The van der Waals surface area contributed by atoms with Gasteiger partial charge in [-0.15, -0.1) is 0 Å². The Kier molecular flexibility index (Phi) is 6.02. The summed E-state index contributed by atoms with van der Waals surface area (Å²) in [5, 5.41) is 3.13. The van der Waals surface area contributed by atoms with Crippen LogP contribution in [-0.4, -0.2) is 37.5 Å². The molecule has 0 saturated heterocycles. The van der Waals surface area contributed by atoms with Crippen LogP contribution < -0.4 is 11.1 Å². The molecular formula is C16H27N3O. The molecule has 1 unspecified atom stereocenters. The van der Waals surface area contributed by atoms with Gasteiger partial charge in [-0.2, -0.15) is 0 Å². The zero-order valence-electron chi connectivity index (χ0n) is 13.2. The Bertz CT molecular complexity index is 445. The van der Waals surface area contributed by atoms with Crippen LogP contribution in [0.3, 0.4) is 0 Å². The molecule has 4 heteroatoms. The van der Waals surface area contributed by atoms with E-state index in [4.69, 9.17) is 5.73 Å². The lowest BCUT2D eigenvalue weighted by Crippen LogP contribution is -2.42. The van der Waals surface area contributed by atoms with Gasteiger partial charge in [-0.3, -0.25) is 4.79 Å². The molecule has 20 heavy (non-hydrogen) atoms. The van der Waals surface area contributed by atoms with Crippen molar-refractivity contribution in [3.8, 4) is 0 Å². The molecule has 0 aromatic heterocycles. The number of nitrogens with one attached hydrogen (secondary N) is 1. The zero-order chi connectivity index (χ0) is 15.3. The van der Waals surface area contributed by atoms with Crippen molar-refractivity contribution in [2.24, 2.45) is 5.92 Å². The van der Waals surface area contributed by atoms with E-state index in [1.54, 1.807) is 12.1 Å². The first-order valence-electron chi connectivity index (χ1n) is 7.11. The third kappa shape index (κ3) is 5.21. The number of aryl methyl sites for hydroxylation is 1. The van der Waals surface area contributed by atoms with Gasteiger partial charge in [0.05, 0.1) is 0 Å². The quantitative estimate of drug-likeness (QED) is 0.784. The van der Waals surface area contributed by atoms with Gasteiger partial charge in [-0.25, -0.2) is 0 Å². The molecule has 4 nitrogen and oxygen atoms in total. The third-order valence-corrected chi connectivity index (χ3v) is 3.17. The Morgan fingerprint density at radius 2 is 2.00 bits per heavy atom. The van der Waals surface area contributed by atoms with Crippen molar-refractivity contribution in [2.75, 3.05) is 26.4 Å². The average molecular weight is 277 g/mol. The van der Waals surface area contributed by atoms with E-state index in [1.165, 1.54) is 0 Å². The molecule has 0 fully saturated rings. The Hall–Kier alpha value is -1.55. The summed E-state index contributed by atoms with van der Waals surface area (Å²) in [6.07, 6.45) is 0.970. The number of hydrogen-bond donors (Lipinski definition) is 2. The minimum absolute atomic E-state index is 0.0185. The molecule has 1 aromatic rings. The number of nitrogens with two attached hydrogens (primary N) is 1. The first kappa shape index (κ1) is 16.5. The van der Waals surface area contributed by atoms with Gasteiger partial charge in [-0.1, -0.05) is 13.8 Å². The van der Waals surface area contributed by atoms with Crippen molar-refractivity contribution >= 4 is 11.6 Å². The van der Waals surface area contributed by atoms with Crippen molar-refractivity contribution in [3.05, 3.63) is 29.3 Å². The maximum atomic E-state index is 12.4. The first-order chi connectivity index (χ1) is 9.29. The second-order valence-electron chi connectivity index (χ2n) is 6.14. The molecule has 112 valence electrons. The minimum atomic E-state index is -0.0185. The van der Waals surface area contributed by atoms with Gasteiger partial charge in [0.25, 0.3) is 5.91 Å². The highest BCUT2D eigenvalue weighted by molar-refractivity contribution is 5.96. The second kappa shape index (κ2) is 7.29. The van der Waals surface area contributed by atoms with Crippen LogP contribution in [0.15, 0.2) is 18.2 Å². The van der Waals surface area contributed by atoms with Gasteiger partial charge < -0.3 is 16.0 Å². The van der Waals surface area contributed by atoms with Crippen LogP contribution in [0.2, 0.25) is 0 Å². The molecule has 0 heterocycles. The van der Waals surface area contributed by atoms with Gasteiger partial charge in [0.1, 0.15) is 0 Å². The van der Waals surface area contributed by atoms with Crippen LogP contribution in [0.1, 0.15) is 36.2 Å². The molecule has 0 aliphatic carbocycles. The Labute approximate surface area is 122 Å². The number of hydrogen-bond acceptors (Lipinski definition) is 3. The van der Waals surface area contributed by atoms with Crippen molar-refractivity contribution in [3.63, 3.8) is 0 Å².